The van der Waals surface area contributed by atoms with Crippen molar-refractivity contribution in [3.63, 3.8) is 0 Å². The predicted octanol–water partition coefficient (Wildman–Crippen LogP) is 4.98. The molecular weight excluding hydrogens is 572 g/mol. The van der Waals surface area contributed by atoms with Crippen molar-refractivity contribution in [2.45, 2.75) is 42.4 Å². The van der Waals surface area contributed by atoms with E-state index in [2.05, 4.69) is 29.1 Å². The molecule has 9 nitrogen and oxygen atoms in total. The molecule has 2 fully saturated rings. The zero-order valence-corrected chi connectivity index (χ0v) is 25.5. The van der Waals surface area contributed by atoms with Crippen LogP contribution in [0.5, 0.6) is 40.2 Å². The Hall–Kier alpha value is -4.63. The fraction of sp³-hybridized carbons (Fsp3) is 0.361. The van der Waals surface area contributed by atoms with Crippen LogP contribution in [0.1, 0.15) is 40.7 Å². The average Bonchev–Trinajstić information content (AvgIpc) is 3.59. The number of phenolic OH excluding ortho intramolecular Hbond substituents is 1. The summed E-state index contributed by atoms with van der Waals surface area (Å²) in [5, 5.41) is 11.4. The van der Waals surface area contributed by atoms with Gasteiger partial charge in [-0.2, -0.15) is 0 Å². The number of benzene rings is 3. The number of hydrogen-bond acceptors (Lipinski definition) is 9. The molecule has 45 heavy (non-hydrogen) atoms. The summed E-state index contributed by atoms with van der Waals surface area (Å²) in [6.45, 7) is 0.929. The average molecular weight is 605 g/mol. The second kappa shape index (κ2) is 8.14. The monoisotopic (exact) mass is 604 g/mol. The molecule has 0 radical (unpaired) electrons. The number of methoxy groups -OCH3 is 3. The van der Waals surface area contributed by atoms with Crippen LogP contribution in [0.2, 0.25) is 0 Å². The van der Waals surface area contributed by atoms with E-state index in [0.29, 0.717) is 34.8 Å². The summed E-state index contributed by atoms with van der Waals surface area (Å²) in [7, 11) is 6.99. The zero-order valence-electron chi connectivity index (χ0n) is 25.5. The summed E-state index contributed by atoms with van der Waals surface area (Å²) in [6.07, 6.45) is 6.11. The number of rotatable bonds is 3. The molecule has 0 amide bonds. The summed E-state index contributed by atoms with van der Waals surface area (Å²) in [5.74, 6) is 2.92. The number of likely N-dealkylation sites (tertiary alicyclic amines) is 1. The number of aromatic hydroxyl groups is 1. The molecule has 5 heterocycles. The first-order valence-electron chi connectivity index (χ1n) is 15.5. The molecule has 5 aliphatic heterocycles. The zero-order chi connectivity index (χ0) is 30.6. The number of piperidine rings is 1. The summed E-state index contributed by atoms with van der Waals surface area (Å²) in [5.41, 5.74) is 4.66. The first-order valence-corrected chi connectivity index (χ1v) is 15.5. The Morgan fingerprint density at radius 3 is 2.51 bits per heavy atom. The lowest BCUT2D eigenvalue weighted by Crippen LogP contribution is -2.61. The van der Waals surface area contributed by atoms with Gasteiger partial charge in [0, 0.05) is 28.8 Å². The highest BCUT2D eigenvalue weighted by Gasteiger charge is 2.78. The van der Waals surface area contributed by atoms with Gasteiger partial charge in [0.15, 0.2) is 40.3 Å². The minimum atomic E-state index is -1.02. The second-order valence-electron chi connectivity index (χ2n) is 13.3. The van der Waals surface area contributed by atoms with Crippen molar-refractivity contribution in [2.75, 3.05) is 34.9 Å². The highest BCUT2D eigenvalue weighted by atomic mass is 16.5. The molecule has 0 unspecified atom stereocenters. The van der Waals surface area contributed by atoms with Crippen molar-refractivity contribution in [3.8, 4) is 40.2 Å². The van der Waals surface area contributed by atoms with E-state index in [-0.39, 0.29) is 40.4 Å². The van der Waals surface area contributed by atoms with Gasteiger partial charge in [-0.05, 0) is 80.2 Å². The third kappa shape index (κ3) is 2.64. The topological polar surface area (TPSA) is 89.9 Å². The second-order valence-corrected chi connectivity index (χ2v) is 13.3. The highest BCUT2D eigenvalue weighted by molar-refractivity contribution is 6.37. The van der Waals surface area contributed by atoms with E-state index >= 15 is 4.79 Å². The van der Waals surface area contributed by atoms with E-state index in [0.717, 1.165) is 42.0 Å². The first kappa shape index (κ1) is 25.7. The number of carbonyl (C=O) groups excluding carboxylic acids is 1. The Morgan fingerprint density at radius 2 is 1.71 bits per heavy atom. The minimum Gasteiger partial charge on any atom is -0.502 e. The Balaban J connectivity index is 1.27. The summed E-state index contributed by atoms with van der Waals surface area (Å²) >= 11 is 0. The van der Waals surface area contributed by atoms with Gasteiger partial charge in [0.25, 0.3) is 0 Å². The van der Waals surface area contributed by atoms with Gasteiger partial charge in [-0.3, -0.25) is 4.79 Å². The van der Waals surface area contributed by atoms with E-state index in [4.69, 9.17) is 23.7 Å². The standard InChI is InChI=1S/C36H32N2O7/c1-37-14-12-35-20-16-36(34(35)45-32-24(43-4)9-6-18(27(32)35)15-21(20)37)33(40)26-19-7-10-22(41-2)29(39)30(19)44-31-23(42-3)8-5-17-11-13-38(36)28(26)25(17)31/h5-11,13,20-21,34,39H,12,14-16H2,1-4H3/t20-,21+,34+,35-,36-/m0/s1. The third-order valence-electron chi connectivity index (χ3n) is 11.9. The molecule has 7 aliphatic rings. The quantitative estimate of drug-likeness (QED) is 0.445. The normalized spacial score (nSPS) is 30.4. The molecule has 3 aromatic carbocycles. The number of likely N-dealkylation sites (N-methyl/N-ethyl adjacent to an activating group) is 1. The van der Waals surface area contributed by atoms with Gasteiger partial charge >= 0.3 is 0 Å². The molecule has 5 atom stereocenters. The number of phenols is 1. The van der Waals surface area contributed by atoms with Crippen molar-refractivity contribution < 1.29 is 33.6 Å². The van der Waals surface area contributed by atoms with Crippen LogP contribution in [-0.4, -0.2) is 73.3 Å². The number of hydrogen-bond donors (Lipinski definition) is 1. The molecular formula is C36H32N2O7. The predicted molar refractivity (Wildman–Crippen MR) is 165 cm³/mol. The maximum atomic E-state index is 15.6. The fourth-order valence-electron chi connectivity index (χ4n) is 10.1. The van der Waals surface area contributed by atoms with Crippen LogP contribution in [0, 0.1) is 5.92 Å². The van der Waals surface area contributed by atoms with Gasteiger partial charge in [0.2, 0.25) is 5.75 Å². The maximum Gasteiger partial charge on any atom is 0.202 e. The van der Waals surface area contributed by atoms with Crippen molar-refractivity contribution >= 4 is 23.1 Å². The fourth-order valence-corrected chi connectivity index (χ4v) is 10.1. The van der Waals surface area contributed by atoms with E-state index in [1.807, 2.05) is 30.3 Å². The van der Waals surface area contributed by atoms with Gasteiger partial charge in [-0.1, -0.05) is 12.1 Å². The van der Waals surface area contributed by atoms with Gasteiger partial charge in [0.05, 0.1) is 38.2 Å². The molecule has 2 aliphatic carbocycles. The SMILES string of the molecule is COc1ccc2c(c1O)Oc1c(OC)ccc3c1C1=C2C(=O)[C@]2(C[C@H]4[C@H]5Cc6ccc(OC)c7c6[C@@]4(CCN5C)[C@H]2O7)N1C=C3. The highest BCUT2D eigenvalue weighted by Crippen LogP contribution is 2.72. The van der Waals surface area contributed by atoms with Crippen LogP contribution in [0.3, 0.4) is 0 Å². The third-order valence-corrected chi connectivity index (χ3v) is 11.9. The summed E-state index contributed by atoms with van der Waals surface area (Å²) in [6, 6.07) is 11.8. The van der Waals surface area contributed by atoms with Crippen molar-refractivity contribution in [1.82, 2.24) is 9.80 Å². The van der Waals surface area contributed by atoms with Crippen LogP contribution in [0.25, 0.3) is 17.3 Å². The summed E-state index contributed by atoms with van der Waals surface area (Å²) < 4.78 is 30.8. The van der Waals surface area contributed by atoms with E-state index < -0.39 is 11.6 Å². The van der Waals surface area contributed by atoms with Crippen LogP contribution < -0.4 is 23.7 Å². The molecule has 228 valence electrons. The van der Waals surface area contributed by atoms with Crippen LogP contribution >= 0.6 is 0 Å². The van der Waals surface area contributed by atoms with E-state index in [9.17, 15) is 5.11 Å². The Morgan fingerprint density at radius 1 is 0.956 bits per heavy atom. The number of fused-ring (bicyclic) bond motifs is 4. The maximum absolute atomic E-state index is 15.6. The first-order chi connectivity index (χ1) is 21.9. The van der Waals surface area contributed by atoms with Gasteiger partial charge in [-0.25, -0.2) is 0 Å². The molecule has 1 saturated heterocycles. The molecule has 0 aromatic heterocycles. The molecule has 1 saturated carbocycles. The van der Waals surface area contributed by atoms with Gasteiger partial charge in [0.1, 0.15) is 11.6 Å². The number of ether oxygens (including phenoxy) is 5. The largest absolute Gasteiger partial charge is 0.502 e. The Bertz CT molecular complexity index is 1980. The van der Waals surface area contributed by atoms with E-state index in [1.54, 1.807) is 20.3 Å². The number of carbonyl (C=O) groups is 1. The molecule has 9 heteroatoms. The lowest BCUT2D eigenvalue weighted by molar-refractivity contribution is -0.125. The van der Waals surface area contributed by atoms with Gasteiger partial charge in [-0.15, -0.1) is 0 Å². The number of ketones is 1. The van der Waals surface area contributed by atoms with Crippen LogP contribution in [0.15, 0.2) is 42.6 Å². The lowest BCUT2D eigenvalue weighted by Gasteiger charge is -2.52. The summed E-state index contributed by atoms with van der Waals surface area (Å²) in [4.78, 5) is 20.3. The molecule has 2 bridgehead atoms. The van der Waals surface area contributed by atoms with E-state index in [1.165, 1.54) is 18.2 Å². The van der Waals surface area contributed by atoms with Gasteiger partial charge < -0.3 is 38.6 Å². The van der Waals surface area contributed by atoms with Crippen molar-refractivity contribution in [1.29, 1.82) is 0 Å². The van der Waals surface area contributed by atoms with Crippen LogP contribution in [-0.2, 0) is 16.6 Å². The lowest BCUT2D eigenvalue weighted by atomic mass is 9.58. The minimum absolute atomic E-state index is 0.0181. The molecule has 1 N–H and O–H groups in total. The van der Waals surface area contributed by atoms with Crippen molar-refractivity contribution in [2.24, 2.45) is 5.92 Å². The molecule has 10 rings (SSSR count). The number of nitrogens with zero attached hydrogens (tertiary/aromatic N) is 2. The Kier molecular flexibility index (Phi) is 4.65. The molecule has 3 aromatic rings. The smallest absolute Gasteiger partial charge is 0.202 e. The van der Waals surface area contributed by atoms with Crippen LogP contribution in [0.4, 0.5) is 0 Å². The molecule has 2 spiro atoms. The number of Topliss-reactive ketones (excluding diaryl/α,β-unsaturated/α-hetero) is 1. The van der Waals surface area contributed by atoms with Crippen molar-refractivity contribution in [3.05, 3.63) is 70.4 Å². The Labute approximate surface area is 260 Å².